The van der Waals surface area contributed by atoms with Crippen LogP contribution in [0.15, 0.2) is 17.7 Å². The molecule has 3 heterocycles. The van der Waals surface area contributed by atoms with Gasteiger partial charge in [0.25, 0.3) is 0 Å². The average Bonchev–Trinajstić information content (AvgIpc) is 3.12. The molecular formula is C15H16ClN3O3S. The van der Waals surface area contributed by atoms with E-state index in [1.54, 1.807) is 11.0 Å². The highest BCUT2D eigenvalue weighted by Gasteiger charge is 2.31. The van der Waals surface area contributed by atoms with Gasteiger partial charge < -0.3 is 9.64 Å². The third kappa shape index (κ3) is 3.11. The van der Waals surface area contributed by atoms with Gasteiger partial charge in [-0.2, -0.15) is 0 Å². The van der Waals surface area contributed by atoms with Gasteiger partial charge in [0.15, 0.2) is 10.1 Å². The lowest BCUT2D eigenvalue weighted by Crippen LogP contribution is -2.47. The molecule has 1 aliphatic rings. The van der Waals surface area contributed by atoms with E-state index >= 15 is 0 Å². The van der Waals surface area contributed by atoms with E-state index in [0.29, 0.717) is 23.8 Å². The molecule has 0 aliphatic carbocycles. The van der Waals surface area contributed by atoms with Crippen molar-refractivity contribution in [3.8, 4) is 0 Å². The van der Waals surface area contributed by atoms with Crippen molar-refractivity contribution < 1.29 is 14.3 Å². The van der Waals surface area contributed by atoms with Crippen molar-refractivity contribution in [2.24, 2.45) is 0 Å². The fourth-order valence-electron chi connectivity index (χ4n) is 2.75. The van der Waals surface area contributed by atoms with Crippen LogP contribution in [-0.4, -0.2) is 45.9 Å². The van der Waals surface area contributed by atoms with Crippen LogP contribution in [0.25, 0.3) is 11.0 Å². The normalized spacial score (nSPS) is 18.7. The Kier molecular flexibility index (Phi) is 4.68. The summed E-state index contributed by atoms with van der Waals surface area (Å²) in [5.41, 5.74) is 0.655. The number of imidazole rings is 1. The van der Waals surface area contributed by atoms with Crippen LogP contribution in [0.4, 0.5) is 0 Å². The lowest BCUT2D eigenvalue weighted by atomic mass is 10.0. The Morgan fingerprint density at radius 2 is 2.30 bits per heavy atom. The second-order valence-electron chi connectivity index (χ2n) is 5.24. The third-order valence-electron chi connectivity index (χ3n) is 3.90. The predicted molar refractivity (Wildman–Crippen MR) is 88.5 cm³/mol. The second kappa shape index (κ2) is 6.72. The van der Waals surface area contributed by atoms with E-state index in [4.69, 9.17) is 16.3 Å². The molecule has 2 aromatic heterocycles. The smallest absolute Gasteiger partial charge is 0.328 e. The van der Waals surface area contributed by atoms with Gasteiger partial charge in [-0.05, 0) is 25.3 Å². The number of ether oxygens (including phenoxy) is 1. The van der Waals surface area contributed by atoms with Gasteiger partial charge in [0.1, 0.15) is 6.04 Å². The van der Waals surface area contributed by atoms with E-state index < -0.39 is 6.04 Å². The number of carbonyl (C=O) groups excluding carboxylic acids is 2. The van der Waals surface area contributed by atoms with Crippen LogP contribution < -0.4 is 0 Å². The number of hydrogen-bond donors (Lipinski definition) is 0. The van der Waals surface area contributed by atoms with Crippen LogP contribution in [0.5, 0.6) is 0 Å². The van der Waals surface area contributed by atoms with Gasteiger partial charge in [0.2, 0.25) is 5.91 Å². The number of nitrogens with zero attached hydrogens (tertiary/aromatic N) is 3. The summed E-state index contributed by atoms with van der Waals surface area (Å²) < 4.78 is 6.62. The van der Waals surface area contributed by atoms with Crippen molar-refractivity contribution in [3.05, 3.63) is 28.5 Å². The Morgan fingerprint density at radius 3 is 3.09 bits per heavy atom. The van der Waals surface area contributed by atoms with Crippen molar-refractivity contribution in [2.45, 2.75) is 25.3 Å². The molecule has 8 heteroatoms. The maximum Gasteiger partial charge on any atom is 0.328 e. The number of rotatable bonds is 3. The Bertz CT molecular complexity index is 767. The van der Waals surface area contributed by atoms with E-state index in [1.165, 1.54) is 24.5 Å². The van der Waals surface area contributed by atoms with E-state index in [1.807, 2.05) is 16.0 Å². The van der Waals surface area contributed by atoms with E-state index in [0.717, 1.165) is 17.8 Å². The number of methoxy groups -OCH3 is 1. The number of fused-ring (bicyclic) bond motifs is 1. The molecule has 1 atom stereocenters. The minimum atomic E-state index is -0.507. The molecule has 3 rings (SSSR count). The molecule has 1 saturated heterocycles. The molecule has 23 heavy (non-hydrogen) atoms. The molecule has 1 unspecified atom stereocenters. The maximum atomic E-state index is 12.5. The fraction of sp³-hybridized carbons (Fsp3) is 0.400. The zero-order chi connectivity index (χ0) is 16.4. The van der Waals surface area contributed by atoms with Crippen molar-refractivity contribution in [1.29, 1.82) is 0 Å². The molecule has 0 spiro atoms. The average molecular weight is 354 g/mol. The topological polar surface area (TPSA) is 63.9 Å². The Hall–Kier alpha value is -1.86. The predicted octanol–water partition coefficient (Wildman–Crippen LogP) is 2.62. The van der Waals surface area contributed by atoms with Gasteiger partial charge in [-0.1, -0.05) is 11.6 Å². The van der Waals surface area contributed by atoms with E-state index in [-0.39, 0.29) is 11.9 Å². The van der Waals surface area contributed by atoms with Gasteiger partial charge in [-0.3, -0.25) is 9.20 Å². The van der Waals surface area contributed by atoms with Gasteiger partial charge in [0.05, 0.1) is 12.8 Å². The van der Waals surface area contributed by atoms with Crippen LogP contribution in [-0.2, 0) is 14.3 Å². The zero-order valence-electron chi connectivity index (χ0n) is 12.6. The minimum absolute atomic E-state index is 0.221. The molecule has 0 radical (unpaired) electrons. The number of carbonyl (C=O) groups is 2. The van der Waals surface area contributed by atoms with Crippen LogP contribution >= 0.6 is 22.9 Å². The van der Waals surface area contributed by atoms with Crippen LogP contribution in [0.1, 0.15) is 25.0 Å². The standard InChI is InChI=1S/C15H16ClN3O3S/c1-22-14(21)11-4-2-3-7-18(11)12(20)6-5-10-13(16)17-15-19(10)8-9-23-15/h5-6,8-9,11H,2-4,7H2,1H3/b6-5+. The number of thiazole rings is 1. The Balaban J connectivity index is 1.81. The maximum absolute atomic E-state index is 12.5. The summed E-state index contributed by atoms with van der Waals surface area (Å²) in [5.74, 6) is -0.588. The number of hydrogen-bond acceptors (Lipinski definition) is 5. The van der Waals surface area contributed by atoms with Crippen molar-refractivity contribution >= 4 is 45.9 Å². The molecule has 6 nitrogen and oxygen atoms in total. The molecule has 1 fully saturated rings. The number of likely N-dealkylation sites (tertiary alicyclic amines) is 1. The second-order valence-corrected chi connectivity index (χ2v) is 6.47. The molecular weight excluding hydrogens is 338 g/mol. The van der Waals surface area contributed by atoms with Crippen LogP contribution in [0.3, 0.4) is 0 Å². The van der Waals surface area contributed by atoms with Crippen molar-refractivity contribution in [3.63, 3.8) is 0 Å². The fourth-order valence-corrected chi connectivity index (χ4v) is 3.75. The first-order chi connectivity index (χ1) is 11.1. The zero-order valence-corrected chi connectivity index (χ0v) is 14.1. The highest BCUT2D eigenvalue weighted by molar-refractivity contribution is 7.15. The lowest BCUT2D eigenvalue weighted by Gasteiger charge is -2.32. The van der Waals surface area contributed by atoms with Crippen molar-refractivity contribution in [1.82, 2.24) is 14.3 Å². The number of piperidine rings is 1. The summed E-state index contributed by atoms with van der Waals surface area (Å²) in [6, 6.07) is -0.507. The summed E-state index contributed by atoms with van der Waals surface area (Å²) in [4.78, 5) is 30.9. The summed E-state index contributed by atoms with van der Waals surface area (Å²) in [6.07, 6.45) is 7.36. The first-order valence-corrected chi connectivity index (χ1v) is 8.55. The largest absolute Gasteiger partial charge is 0.467 e. The summed E-state index contributed by atoms with van der Waals surface area (Å²) >= 11 is 7.57. The lowest BCUT2D eigenvalue weighted by molar-refractivity contribution is -0.153. The Morgan fingerprint density at radius 1 is 1.48 bits per heavy atom. The monoisotopic (exact) mass is 353 g/mol. The first-order valence-electron chi connectivity index (χ1n) is 7.29. The quantitative estimate of drug-likeness (QED) is 0.628. The number of aromatic nitrogens is 2. The number of esters is 1. The molecule has 122 valence electrons. The van der Waals surface area contributed by atoms with Gasteiger partial charge in [-0.25, -0.2) is 9.78 Å². The van der Waals surface area contributed by atoms with Crippen molar-refractivity contribution in [2.75, 3.05) is 13.7 Å². The molecule has 1 aliphatic heterocycles. The minimum Gasteiger partial charge on any atom is -0.467 e. The van der Waals surface area contributed by atoms with Gasteiger partial charge in [-0.15, -0.1) is 11.3 Å². The van der Waals surface area contributed by atoms with Crippen LogP contribution in [0, 0.1) is 0 Å². The van der Waals surface area contributed by atoms with Gasteiger partial charge in [0, 0.05) is 24.2 Å². The van der Waals surface area contributed by atoms with Gasteiger partial charge >= 0.3 is 5.97 Å². The van der Waals surface area contributed by atoms with E-state index in [2.05, 4.69) is 4.98 Å². The summed E-state index contributed by atoms with van der Waals surface area (Å²) in [5, 5.41) is 2.25. The highest BCUT2D eigenvalue weighted by atomic mass is 35.5. The molecule has 1 amide bonds. The highest BCUT2D eigenvalue weighted by Crippen LogP contribution is 2.23. The first kappa shape index (κ1) is 16.0. The number of halogens is 1. The molecule has 0 bridgehead atoms. The third-order valence-corrected chi connectivity index (χ3v) is 4.93. The SMILES string of the molecule is COC(=O)C1CCCCN1C(=O)/C=C/c1c(Cl)nc2sccn12. The molecule has 0 aromatic carbocycles. The van der Waals surface area contributed by atoms with Crippen LogP contribution in [0.2, 0.25) is 5.15 Å². The number of amides is 1. The Labute approximate surface area is 142 Å². The molecule has 2 aromatic rings. The summed E-state index contributed by atoms with van der Waals surface area (Å²) in [7, 11) is 1.34. The summed E-state index contributed by atoms with van der Waals surface area (Å²) in [6.45, 7) is 0.553. The molecule has 0 N–H and O–H groups in total. The molecule has 0 saturated carbocycles. The van der Waals surface area contributed by atoms with E-state index in [9.17, 15) is 9.59 Å².